The summed E-state index contributed by atoms with van der Waals surface area (Å²) in [7, 11) is 1.31. The van der Waals surface area contributed by atoms with Crippen LogP contribution in [-0.2, 0) is 9.53 Å². The molecule has 2 N–H and O–H groups in total. The van der Waals surface area contributed by atoms with Gasteiger partial charge >= 0.3 is 5.97 Å². The van der Waals surface area contributed by atoms with Crippen molar-refractivity contribution >= 4 is 5.97 Å². The van der Waals surface area contributed by atoms with Gasteiger partial charge in [-0.25, -0.2) is 0 Å². The summed E-state index contributed by atoms with van der Waals surface area (Å²) in [4.78, 5) is 11.0. The first-order valence-corrected chi connectivity index (χ1v) is 3.80. The number of rotatable bonds is 4. The Morgan fingerprint density at radius 1 is 1.73 bits per heavy atom. The fourth-order valence-corrected chi connectivity index (χ4v) is 1.01. The Morgan fingerprint density at radius 3 is 2.55 bits per heavy atom. The first-order valence-electron chi connectivity index (χ1n) is 4.38. The van der Waals surface area contributed by atoms with Crippen molar-refractivity contribution < 1.29 is 10.9 Å². The lowest BCUT2D eigenvalue weighted by Crippen LogP contribution is -2.38. The molecule has 3 atom stereocenters. The quantitative estimate of drug-likeness (QED) is 0.622. The summed E-state index contributed by atoms with van der Waals surface area (Å²) in [6.45, 7) is 3.65. The van der Waals surface area contributed by atoms with Crippen molar-refractivity contribution in [1.29, 1.82) is 0 Å². The van der Waals surface area contributed by atoms with Crippen molar-refractivity contribution in [3.63, 3.8) is 0 Å². The van der Waals surface area contributed by atoms with Gasteiger partial charge in [-0.05, 0) is 5.92 Å². The summed E-state index contributed by atoms with van der Waals surface area (Å²) in [6, 6.07) is -0.660. The van der Waals surface area contributed by atoms with Crippen LogP contribution in [-0.4, -0.2) is 19.1 Å². The lowest BCUT2D eigenvalue weighted by atomic mass is 9.95. The topological polar surface area (TPSA) is 52.3 Å². The fourth-order valence-electron chi connectivity index (χ4n) is 1.01. The van der Waals surface area contributed by atoms with Crippen molar-refractivity contribution in [3.05, 3.63) is 0 Å². The van der Waals surface area contributed by atoms with Crippen LogP contribution in [0.3, 0.4) is 0 Å². The molecule has 3 nitrogen and oxygen atoms in total. The number of hydrogen-bond acceptors (Lipinski definition) is 3. The van der Waals surface area contributed by atoms with Gasteiger partial charge in [-0.1, -0.05) is 26.7 Å². The van der Waals surface area contributed by atoms with Crippen LogP contribution in [0.15, 0.2) is 0 Å². The van der Waals surface area contributed by atoms with Crippen molar-refractivity contribution in [1.82, 2.24) is 0 Å². The van der Waals surface area contributed by atoms with E-state index in [1.54, 1.807) is 6.92 Å². The van der Waals surface area contributed by atoms with Gasteiger partial charge in [0.05, 0.1) is 7.11 Å². The number of hydrogen-bond donors (Lipinski definition) is 1. The summed E-state index contributed by atoms with van der Waals surface area (Å²) in [5.41, 5.74) is 5.59. The van der Waals surface area contributed by atoms with Gasteiger partial charge in [-0.15, -0.1) is 0 Å². The Morgan fingerprint density at radius 2 is 2.27 bits per heavy atom. The normalized spacial score (nSPS) is 19.8. The third-order valence-electron chi connectivity index (χ3n) is 1.83. The number of methoxy groups -OCH3 is 1. The third-order valence-corrected chi connectivity index (χ3v) is 1.83. The lowest BCUT2D eigenvalue weighted by Gasteiger charge is -2.17. The monoisotopic (exact) mass is 160 g/mol. The largest absolute Gasteiger partial charge is 0.468 e. The first-order chi connectivity index (χ1) is 5.54. The molecule has 0 heterocycles. The molecule has 0 aromatic heterocycles. The maximum Gasteiger partial charge on any atom is 0.322 e. The van der Waals surface area contributed by atoms with E-state index in [9.17, 15) is 4.79 Å². The van der Waals surface area contributed by atoms with Gasteiger partial charge in [0.15, 0.2) is 0 Å². The van der Waals surface area contributed by atoms with E-state index in [2.05, 4.69) is 4.74 Å². The van der Waals surface area contributed by atoms with E-state index in [0.717, 1.165) is 6.42 Å². The Labute approximate surface area is 69.3 Å². The van der Waals surface area contributed by atoms with Crippen LogP contribution in [0, 0.1) is 5.92 Å². The fraction of sp³-hybridized carbons (Fsp3) is 0.875. The minimum absolute atomic E-state index is 0.113. The van der Waals surface area contributed by atoms with Crippen molar-refractivity contribution in [2.45, 2.75) is 32.7 Å². The van der Waals surface area contributed by atoms with Crippen LogP contribution >= 0.6 is 0 Å². The SMILES string of the molecule is [2H]C(C)C(CC)C(N)C(=O)OC. The van der Waals surface area contributed by atoms with Gasteiger partial charge in [0.2, 0.25) is 0 Å². The van der Waals surface area contributed by atoms with Crippen LogP contribution in [0.4, 0.5) is 0 Å². The second-order valence-electron chi connectivity index (χ2n) is 2.45. The molecule has 3 heteroatoms. The molecule has 0 fully saturated rings. The van der Waals surface area contributed by atoms with E-state index in [-0.39, 0.29) is 12.3 Å². The predicted molar refractivity (Wildman–Crippen MR) is 44.1 cm³/mol. The molecule has 0 rings (SSSR count). The molecule has 66 valence electrons. The number of nitrogens with two attached hydrogens (primary N) is 1. The number of esters is 1. The maximum atomic E-state index is 11.0. The highest BCUT2D eigenvalue weighted by Crippen LogP contribution is 2.11. The number of ether oxygens (including phenoxy) is 1. The Hall–Kier alpha value is -0.570. The molecule has 11 heavy (non-hydrogen) atoms. The molecule has 0 aliphatic carbocycles. The molecular formula is C8H17NO2. The first kappa shape index (κ1) is 8.53. The highest BCUT2D eigenvalue weighted by atomic mass is 16.5. The molecule has 3 unspecified atom stereocenters. The van der Waals surface area contributed by atoms with Crippen molar-refractivity contribution in [2.24, 2.45) is 11.7 Å². The van der Waals surface area contributed by atoms with E-state index in [0.29, 0.717) is 0 Å². The van der Waals surface area contributed by atoms with Gasteiger partial charge in [0, 0.05) is 1.37 Å². The molecule has 0 aliphatic rings. The second kappa shape index (κ2) is 5.13. The Kier molecular flexibility index (Phi) is 3.98. The minimum atomic E-state index is -0.660. The van der Waals surface area contributed by atoms with E-state index >= 15 is 0 Å². The van der Waals surface area contributed by atoms with Gasteiger partial charge in [0.1, 0.15) is 6.04 Å². The zero-order valence-corrected chi connectivity index (χ0v) is 7.33. The number of carbonyl (C=O) groups excluding carboxylic acids is 1. The predicted octanol–water partition coefficient (Wildman–Crippen LogP) is 0.923. The zero-order chi connectivity index (χ0) is 9.72. The minimum Gasteiger partial charge on any atom is -0.468 e. The standard InChI is InChI=1S/C8H17NO2/c1-4-6(5-2)7(9)8(10)11-3/h6-7H,4-5,9H2,1-3H3/i4D. The highest BCUT2D eigenvalue weighted by molar-refractivity contribution is 5.75. The van der Waals surface area contributed by atoms with Crippen molar-refractivity contribution in [2.75, 3.05) is 7.11 Å². The van der Waals surface area contributed by atoms with Crippen LogP contribution < -0.4 is 5.73 Å². The average molecular weight is 160 g/mol. The summed E-state index contributed by atoms with van der Waals surface area (Å²) in [5, 5.41) is 0. The van der Waals surface area contributed by atoms with E-state index in [1.807, 2.05) is 6.92 Å². The Balaban J connectivity index is 4.20. The summed E-state index contributed by atoms with van der Waals surface area (Å²) < 4.78 is 11.9. The van der Waals surface area contributed by atoms with Crippen molar-refractivity contribution in [3.8, 4) is 0 Å². The molecule has 0 saturated heterocycles. The van der Waals surface area contributed by atoms with Gasteiger partial charge < -0.3 is 10.5 Å². The van der Waals surface area contributed by atoms with E-state index < -0.39 is 12.0 Å². The summed E-state index contributed by atoms with van der Waals surface area (Å²) in [5.74, 6) is -0.543. The smallest absolute Gasteiger partial charge is 0.322 e. The summed E-state index contributed by atoms with van der Waals surface area (Å²) in [6.07, 6.45) is 0.394. The third kappa shape index (κ3) is 2.89. The zero-order valence-electron chi connectivity index (χ0n) is 8.33. The highest BCUT2D eigenvalue weighted by Gasteiger charge is 2.21. The molecule has 0 radical (unpaired) electrons. The molecule has 0 bridgehead atoms. The molecule has 0 aromatic carbocycles. The van der Waals surface area contributed by atoms with E-state index in [1.165, 1.54) is 7.11 Å². The maximum absolute atomic E-state index is 11.0. The summed E-state index contributed by atoms with van der Waals surface area (Å²) >= 11 is 0. The molecule has 0 aromatic rings. The molecule has 0 spiro atoms. The van der Waals surface area contributed by atoms with Gasteiger partial charge in [-0.2, -0.15) is 0 Å². The Bertz CT molecular complexity index is 150. The van der Waals surface area contributed by atoms with Crippen LogP contribution in [0.25, 0.3) is 0 Å². The van der Waals surface area contributed by atoms with Crippen LogP contribution in [0.2, 0.25) is 0 Å². The average Bonchev–Trinajstić information content (AvgIpc) is 2.03. The lowest BCUT2D eigenvalue weighted by molar-refractivity contribution is -0.143. The molecular weight excluding hydrogens is 142 g/mol. The molecule has 0 aliphatic heterocycles. The van der Waals surface area contributed by atoms with E-state index in [4.69, 9.17) is 7.10 Å². The van der Waals surface area contributed by atoms with Gasteiger partial charge in [0.25, 0.3) is 0 Å². The van der Waals surface area contributed by atoms with Gasteiger partial charge in [-0.3, -0.25) is 4.79 Å². The molecule has 0 saturated carbocycles. The molecule has 0 amide bonds. The van der Waals surface area contributed by atoms with Crippen LogP contribution in [0.5, 0.6) is 0 Å². The van der Waals surface area contributed by atoms with Crippen LogP contribution in [0.1, 0.15) is 28.0 Å². The second-order valence-corrected chi connectivity index (χ2v) is 2.45. The number of carbonyl (C=O) groups is 1.